The molecule has 1 aliphatic heterocycles. The van der Waals surface area contributed by atoms with Crippen LogP contribution in [0, 0.1) is 0 Å². The van der Waals surface area contributed by atoms with Gasteiger partial charge >= 0.3 is 6.09 Å². The van der Waals surface area contributed by atoms with E-state index in [1.807, 2.05) is 39.0 Å². The lowest BCUT2D eigenvalue weighted by Crippen LogP contribution is -2.35. The van der Waals surface area contributed by atoms with Crippen LogP contribution in [-0.4, -0.2) is 39.7 Å². The number of aromatic nitrogens is 2. The van der Waals surface area contributed by atoms with Gasteiger partial charge in [0, 0.05) is 41.0 Å². The molecule has 1 aromatic carbocycles. The Hall–Kier alpha value is -2.47. The van der Waals surface area contributed by atoms with Crippen molar-refractivity contribution >= 4 is 39.6 Å². The van der Waals surface area contributed by atoms with Gasteiger partial charge in [-0.05, 0) is 51.0 Å². The smallest absolute Gasteiger partial charge is 0.410 e. The maximum absolute atomic E-state index is 12.4. The van der Waals surface area contributed by atoms with E-state index in [0.29, 0.717) is 18.1 Å². The van der Waals surface area contributed by atoms with Crippen LogP contribution < -0.4 is 5.56 Å². The summed E-state index contributed by atoms with van der Waals surface area (Å²) in [6, 6.07) is 7.19. The number of rotatable bonds is 1. The summed E-state index contributed by atoms with van der Waals surface area (Å²) >= 11 is 6.13. The van der Waals surface area contributed by atoms with E-state index >= 15 is 0 Å². The summed E-state index contributed by atoms with van der Waals surface area (Å²) in [4.78, 5) is 32.7. The van der Waals surface area contributed by atoms with Gasteiger partial charge in [0.15, 0.2) is 0 Å². The molecule has 0 aliphatic carbocycles. The van der Waals surface area contributed by atoms with E-state index in [4.69, 9.17) is 16.3 Å². The topological polar surface area (TPSA) is 78.2 Å². The van der Waals surface area contributed by atoms with Crippen LogP contribution in [0.1, 0.15) is 38.7 Å². The number of benzene rings is 1. The minimum Gasteiger partial charge on any atom is -0.444 e. The average Bonchev–Trinajstić information content (AvgIpc) is 3.18. The van der Waals surface area contributed by atoms with Crippen molar-refractivity contribution in [3.8, 4) is 0 Å². The van der Waals surface area contributed by atoms with Crippen LogP contribution in [0.25, 0.3) is 21.9 Å². The van der Waals surface area contributed by atoms with Gasteiger partial charge in [-0.2, -0.15) is 0 Å². The van der Waals surface area contributed by atoms with E-state index in [2.05, 4.69) is 9.97 Å². The van der Waals surface area contributed by atoms with Crippen molar-refractivity contribution in [2.45, 2.75) is 38.7 Å². The molecule has 6 nitrogen and oxygen atoms in total. The van der Waals surface area contributed by atoms with E-state index in [0.717, 1.165) is 33.9 Å². The summed E-state index contributed by atoms with van der Waals surface area (Å²) < 4.78 is 5.47. The second kappa shape index (κ2) is 6.30. The van der Waals surface area contributed by atoms with Crippen LogP contribution in [0.2, 0.25) is 5.02 Å². The third-order valence-corrected chi connectivity index (χ3v) is 5.10. The number of amides is 1. The van der Waals surface area contributed by atoms with Gasteiger partial charge in [-0.15, -0.1) is 0 Å². The molecule has 1 saturated heterocycles. The average molecular weight is 388 g/mol. The van der Waals surface area contributed by atoms with Crippen LogP contribution in [0.15, 0.2) is 29.1 Å². The Bertz CT molecular complexity index is 1090. The molecule has 0 saturated carbocycles. The highest BCUT2D eigenvalue weighted by atomic mass is 35.5. The molecule has 0 radical (unpaired) electrons. The first kappa shape index (κ1) is 17.9. The number of ether oxygens (including phenoxy) is 1. The molecule has 0 bridgehead atoms. The van der Waals surface area contributed by atoms with Gasteiger partial charge in [0.2, 0.25) is 5.56 Å². The first-order valence-electron chi connectivity index (χ1n) is 9.03. The van der Waals surface area contributed by atoms with Gasteiger partial charge in [-0.25, -0.2) is 4.79 Å². The van der Waals surface area contributed by atoms with Crippen LogP contribution in [0.4, 0.5) is 4.79 Å². The lowest BCUT2D eigenvalue weighted by molar-refractivity contribution is 0.0292. The number of nitrogens with one attached hydrogen (secondary N) is 2. The quantitative estimate of drug-likeness (QED) is 0.650. The Morgan fingerprint density at radius 2 is 2.00 bits per heavy atom. The van der Waals surface area contributed by atoms with Crippen molar-refractivity contribution in [3.05, 3.63) is 45.2 Å². The van der Waals surface area contributed by atoms with Crippen molar-refractivity contribution in [3.63, 3.8) is 0 Å². The fourth-order valence-corrected chi connectivity index (χ4v) is 3.88. The minimum absolute atomic E-state index is 0.0749. The molecule has 1 fully saturated rings. The van der Waals surface area contributed by atoms with Crippen LogP contribution in [0.5, 0.6) is 0 Å². The van der Waals surface area contributed by atoms with Gasteiger partial charge in [-0.1, -0.05) is 11.6 Å². The third-order valence-electron chi connectivity index (χ3n) is 4.86. The molecule has 142 valence electrons. The second-order valence-corrected chi connectivity index (χ2v) is 8.50. The highest BCUT2D eigenvalue weighted by molar-refractivity contribution is 6.31. The van der Waals surface area contributed by atoms with E-state index in [1.165, 1.54) is 0 Å². The number of carbonyl (C=O) groups excluding carboxylic acids is 1. The Kier molecular flexibility index (Phi) is 4.18. The maximum Gasteiger partial charge on any atom is 0.410 e. The molecule has 1 aliphatic rings. The normalized spacial score (nSPS) is 17.8. The summed E-state index contributed by atoms with van der Waals surface area (Å²) in [7, 11) is 0. The fourth-order valence-electron chi connectivity index (χ4n) is 3.71. The minimum atomic E-state index is -0.525. The SMILES string of the molecule is CC(C)(C)OC(=O)N1CCC(c2cc(=O)[nH]c3c2[nH]c2ccc(Cl)cc23)C1. The zero-order chi connectivity index (χ0) is 19.3. The van der Waals surface area contributed by atoms with E-state index < -0.39 is 5.60 Å². The molecule has 4 rings (SSSR count). The summed E-state index contributed by atoms with van der Waals surface area (Å²) in [5.41, 5.74) is 2.80. The van der Waals surface area contributed by atoms with E-state index in [-0.39, 0.29) is 17.6 Å². The third kappa shape index (κ3) is 3.41. The maximum atomic E-state index is 12.4. The molecule has 27 heavy (non-hydrogen) atoms. The lowest BCUT2D eigenvalue weighted by Gasteiger charge is -2.24. The predicted octanol–water partition coefficient (Wildman–Crippen LogP) is 4.39. The largest absolute Gasteiger partial charge is 0.444 e. The second-order valence-electron chi connectivity index (χ2n) is 8.07. The predicted molar refractivity (Wildman–Crippen MR) is 107 cm³/mol. The Morgan fingerprint density at radius 1 is 1.22 bits per heavy atom. The van der Waals surface area contributed by atoms with Gasteiger partial charge in [0.1, 0.15) is 5.60 Å². The number of hydrogen-bond donors (Lipinski definition) is 2. The lowest BCUT2D eigenvalue weighted by atomic mass is 9.98. The summed E-state index contributed by atoms with van der Waals surface area (Å²) in [5.74, 6) is 0.0749. The Labute approximate surface area is 161 Å². The Balaban J connectivity index is 1.71. The number of halogens is 1. The zero-order valence-corrected chi connectivity index (χ0v) is 16.3. The monoisotopic (exact) mass is 387 g/mol. The van der Waals surface area contributed by atoms with Crippen LogP contribution in [-0.2, 0) is 4.74 Å². The van der Waals surface area contributed by atoms with Crippen molar-refractivity contribution in [2.75, 3.05) is 13.1 Å². The van der Waals surface area contributed by atoms with E-state index in [9.17, 15) is 9.59 Å². The van der Waals surface area contributed by atoms with Gasteiger partial charge in [-0.3, -0.25) is 4.79 Å². The highest BCUT2D eigenvalue weighted by Crippen LogP contribution is 2.34. The number of H-pyrrole nitrogens is 2. The van der Waals surface area contributed by atoms with E-state index in [1.54, 1.807) is 11.0 Å². The number of pyridine rings is 1. The summed E-state index contributed by atoms with van der Waals surface area (Å²) in [6.45, 7) is 6.71. The Morgan fingerprint density at radius 3 is 2.74 bits per heavy atom. The zero-order valence-electron chi connectivity index (χ0n) is 15.6. The molecule has 3 aromatic rings. The number of nitrogens with zero attached hydrogens (tertiary/aromatic N) is 1. The van der Waals surface area contributed by atoms with Crippen molar-refractivity contribution < 1.29 is 9.53 Å². The van der Waals surface area contributed by atoms with Crippen LogP contribution in [0.3, 0.4) is 0 Å². The highest BCUT2D eigenvalue weighted by Gasteiger charge is 2.32. The molecular formula is C20H22ClN3O3. The molecule has 1 unspecified atom stereocenters. The van der Waals surface area contributed by atoms with Crippen molar-refractivity contribution in [2.24, 2.45) is 0 Å². The summed E-state index contributed by atoms with van der Waals surface area (Å²) in [6.07, 6.45) is 0.475. The van der Waals surface area contributed by atoms with Gasteiger partial charge in [0.25, 0.3) is 0 Å². The molecule has 0 spiro atoms. The number of likely N-dealkylation sites (tertiary alicyclic amines) is 1. The van der Waals surface area contributed by atoms with Crippen molar-refractivity contribution in [1.29, 1.82) is 0 Å². The first-order chi connectivity index (χ1) is 12.7. The van der Waals surface area contributed by atoms with Gasteiger partial charge < -0.3 is 19.6 Å². The van der Waals surface area contributed by atoms with Crippen LogP contribution >= 0.6 is 11.6 Å². The molecular weight excluding hydrogens is 366 g/mol. The number of carbonyl (C=O) groups is 1. The van der Waals surface area contributed by atoms with Gasteiger partial charge in [0.05, 0.1) is 11.0 Å². The molecule has 1 amide bonds. The number of fused-ring (bicyclic) bond motifs is 3. The number of aromatic amines is 2. The summed E-state index contributed by atoms with van der Waals surface area (Å²) in [5, 5.41) is 1.50. The molecule has 2 N–H and O–H groups in total. The first-order valence-corrected chi connectivity index (χ1v) is 9.41. The molecule has 7 heteroatoms. The molecule has 1 atom stereocenters. The molecule has 2 aromatic heterocycles. The number of hydrogen-bond acceptors (Lipinski definition) is 3. The molecule has 3 heterocycles. The standard InChI is InChI=1S/C20H22ClN3O3/c1-20(2,3)27-19(26)24-7-6-11(10-24)13-9-16(25)23-18-14-8-12(21)4-5-15(14)22-17(13)18/h4-5,8-9,11,22H,6-7,10H2,1-3H3,(H,23,25). The van der Waals surface area contributed by atoms with Crippen molar-refractivity contribution in [1.82, 2.24) is 14.9 Å². The fraction of sp³-hybridized carbons (Fsp3) is 0.400.